The van der Waals surface area contributed by atoms with Crippen LogP contribution in [0.25, 0.3) is 11.1 Å². The molecule has 0 aliphatic heterocycles. The van der Waals surface area contributed by atoms with Gasteiger partial charge in [-0.3, -0.25) is 9.59 Å². The van der Waals surface area contributed by atoms with Crippen LogP contribution in [0.2, 0.25) is 0 Å². The second-order valence-electron chi connectivity index (χ2n) is 9.12. The number of carboxylic acids is 1. The summed E-state index contributed by atoms with van der Waals surface area (Å²) in [6.45, 7) is 2.20. The molecular formula is C27H32N2O5. The number of nitrogens with zero attached hydrogens (tertiary/aromatic N) is 1. The maximum Gasteiger partial charge on any atom is 0.407 e. The highest BCUT2D eigenvalue weighted by Gasteiger charge is 2.36. The minimum Gasteiger partial charge on any atom is -0.480 e. The van der Waals surface area contributed by atoms with E-state index >= 15 is 0 Å². The molecule has 1 fully saturated rings. The zero-order valence-corrected chi connectivity index (χ0v) is 19.5. The van der Waals surface area contributed by atoms with E-state index in [9.17, 15) is 19.5 Å². The molecule has 2 amide bonds. The zero-order chi connectivity index (χ0) is 24.1. The average Bonchev–Trinajstić information content (AvgIpc) is 3.16. The molecule has 2 aromatic rings. The largest absolute Gasteiger partial charge is 0.480 e. The lowest BCUT2D eigenvalue weighted by atomic mass is 9.83. The van der Waals surface area contributed by atoms with Crippen molar-refractivity contribution in [2.24, 2.45) is 5.92 Å². The van der Waals surface area contributed by atoms with Crippen molar-refractivity contribution < 1.29 is 24.2 Å². The zero-order valence-electron chi connectivity index (χ0n) is 19.5. The Morgan fingerprint density at radius 1 is 1.00 bits per heavy atom. The maximum absolute atomic E-state index is 13.1. The van der Waals surface area contributed by atoms with Gasteiger partial charge in [0.2, 0.25) is 5.91 Å². The summed E-state index contributed by atoms with van der Waals surface area (Å²) in [5.74, 6) is -1.69. The van der Waals surface area contributed by atoms with Crippen LogP contribution in [0, 0.1) is 5.92 Å². The van der Waals surface area contributed by atoms with E-state index < -0.39 is 18.0 Å². The number of benzene rings is 2. The van der Waals surface area contributed by atoms with Crippen LogP contribution in [0.15, 0.2) is 48.5 Å². The summed E-state index contributed by atoms with van der Waals surface area (Å²) in [5, 5.41) is 12.1. The number of carbonyl (C=O) groups is 3. The Labute approximate surface area is 200 Å². The number of amides is 2. The van der Waals surface area contributed by atoms with Crippen molar-refractivity contribution in [1.29, 1.82) is 0 Å². The van der Waals surface area contributed by atoms with E-state index in [4.69, 9.17) is 4.74 Å². The van der Waals surface area contributed by atoms with Gasteiger partial charge in [0.25, 0.3) is 0 Å². The van der Waals surface area contributed by atoms with Crippen LogP contribution in [0.1, 0.15) is 56.1 Å². The fourth-order valence-corrected chi connectivity index (χ4v) is 5.33. The van der Waals surface area contributed by atoms with Crippen molar-refractivity contribution in [3.05, 3.63) is 59.7 Å². The van der Waals surface area contributed by atoms with Crippen molar-refractivity contribution in [3.8, 4) is 11.1 Å². The van der Waals surface area contributed by atoms with Crippen LogP contribution in [-0.2, 0) is 14.3 Å². The molecule has 0 spiro atoms. The van der Waals surface area contributed by atoms with Crippen molar-refractivity contribution in [3.63, 3.8) is 0 Å². The van der Waals surface area contributed by atoms with Crippen LogP contribution in [0.3, 0.4) is 0 Å². The Hall–Kier alpha value is -3.35. The Morgan fingerprint density at radius 2 is 1.62 bits per heavy atom. The van der Waals surface area contributed by atoms with E-state index in [1.165, 1.54) is 16.0 Å². The van der Waals surface area contributed by atoms with Gasteiger partial charge in [0.1, 0.15) is 13.2 Å². The molecule has 34 heavy (non-hydrogen) atoms. The number of carboxylic acid groups (broad SMARTS) is 1. The second kappa shape index (κ2) is 10.7. The fraction of sp³-hybridized carbons (Fsp3) is 0.444. The van der Waals surface area contributed by atoms with Crippen LogP contribution in [-0.4, -0.2) is 53.7 Å². The number of rotatable bonds is 8. The van der Waals surface area contributed by atoms with Crippen LogP contribution < -0.4 is 5.32 Å². The van der Waals surface area contributed by atoms with E-state index in [0.717, 1.165) is 24.0 Å². The molecule has 2 aliphatic carbocycles. The lowest BCUT2D eigenvalue weighted by Gasteiger charge is -2.34. The summed E-state index contributed by atoms with van der Waals surface area (Å²) in [6, 6.07) is 16.0. The van der Waals surface area contributed by atoms with E-state index in [2.05, 4.69) is 29.6 Å². The first kappa shape index (κ1) is 23.8. The summed E-state index contributed by atoms with van der Waals surface area (Å²) in [7, 11) is 0. The number of fused-ring (bicyclic) bond motifs is 3. The Kier molecular flexibility index (Phi) is 7.50. The predicted molar refractivity (Wildman–Crippen MR) is 128 cm³/mol. The molecule has 0 aromatic heterocycles. The topological polar surface area (TPSA) is 95.9 Å². The minimum absolute atomic E-state index is 0.0300. The van der Waals surface area contributed by atoms with Crippen LogP contribution in [0.5, 0.6) is 0 Å². The number of aliphatic carboxylic acids is 1. The number of carbonyl (C=O) groups excluding carboxylic acids is 2. The third-order valence-electron chi connectivity index (χ3n) is 6.86. The number of hydrogen-bond donors (Lipinski definition) is 2. The molecule has 0 radical (unpaired) electrons. The summed E-state index contributed by atoms with van der Waals surface area (Å²) >= 11 is 0. The molecule has 4 rings (SSSR count). The Morgan fingerprint density at radius 3 is 2.24 bits per heavy atom. The molecule has 180 valence electrons. The molecule has 1 saturated carbocycles. The summed E-state index contributed by atoms with van der Waals surface area (Å²) in [5.41, 5.74) is 4.62. The molecule has 2 aromatic carbocycles. The molecule has 2 N–H and O–H groups in total. The van der Waals surface area contributed by atoms with Gasteiger partial charge in [-0.15, -0.1) is 0 Å². The van der Waals surface area contributed by atoms with Gasteiger partial charge in [0, 0.05) is 18.5 Å². The molecule has 2 atom stereocenters. The number of ether oxygens (including phenoxy) is 1. The van der Waals surface area contributed by atoms with Gasteiger partial charge in [-0.05, 0) is 41.5 Å². The highest BCUT2D eigenvalue weighted by molar-refractivity contribution is 5.84. The average molecular weight is 465 g/mol. The van der Waals surface area contributed by atoms with Crippen molar-refractivity contribution in [2.75, 3.05) is 19.7 Å². The second-order valence-corrected chi connectivity index (χ2v) is 9.12. The van der Waals surface area contributed by atoms with Gasteiger partial charge < -0.3 is 20.1 Å². The first-order chi connectivity index (χ1) is 16.5. The van der Waals surface area contributed by atoms with Gasteiger partial charge in [0.15, 0.2) is 0 Å². The summed E-state index contributed by atoms with van der Waals surface area (Å²) in [4.78, 5) is 38.5. The van der Waals surface area contributed by atoms with Gasteiger partial charge in [-0.2, -0.15) is 0 Å². The number of hydrogen-bond acceptors (Lipinski definition) is 4. The lowest BCUT2D eigenvalue weighted by molar-refractivity contribution is -0.147. The van der Waals surface area contributed by atoms with Crippen LogP contribution >= 0.6 is 0 Å². The monoisotopic (exact) mass is 464 g/mol. The third kappa shape index (κ3) is 5.08. The van der Waals surface area contributed by atoms with Crippen molar-refractivity contribution in [1.82, 2.24) is 10.2 Å². The molecule has 7 heteroatoms. The Balaban J connectivity index is 1.41. The predicted octanol–water partition coefficient (Wildman–Crippen LogP) is 4.41. The van der Waals surface area contributed by atoms with E-state index in [1.807, 2.05) is 31.2 Å². The smallest absolute Gasteiger partial charge is 0.407 e. The summed E-state index contributed by atoms with van der Waals surface area (Å²) < 4.78 is 5.67. The highest BCUT2D eigenvalue weighted by atomic mass is 16.5. The lowest BCUT2D eigenvalue weighted by Crippen LogP contribution is -2.50. The van der Waals surface area contributed by atoms with Crippen molar-refractivity contribution >= 4 is 18.0 Å². The normalized spacial score (nSPS) is 19.1. The van der Waals surface area contributed by atoms with Gasteiger partial charge in [-0.1, -0.05) is 68.3 Å². The molecule has 2 aliphatic rings. The molecule has 0 saturated heterocycles. The van der Waals surface area contributed by atoms with E-state index in [1.54, 1.807) is 0 Å². The number of alkyl carbamates (subject to hydrolysis) is 1. The van der Waals surface area contributed by atoms with Crippen molar-refractivity contribution in [2.45, 2.75) is 51.0 Å². The Bertz CT molecular complexity index is 1010. The molecule has 7 nitrogen and oxygen atoms in total. The van der Waals surface area contributed by atoms with E-state index in [0.29, 0.717) is 25.8 Å². The summed E-state index contributed by atoms with van der Waals surface area (Å²) in [6.07, 6.45) is 3.24. The maximum atomic E-state index is 13.1. The number of nitrogens with one attached hydrogen (secondary N) is 1. The SMILES string of the molecule is CCCN(CC(=O)O)C(=O)C1CCCCC1NC(=O)OCC1c2ccccc2-c2ccccc21. The first-order valence-electron chi connectivity index (χ1n) is 12.1. The van der Waals surface area contributed by atoms with Gasteiger partial charge >= 0.3 is 12.1 Å². The molecule has 0 heterocycles. The van der Waals surface area contributed by atoms with Crippen LogP contribution in [0.4, 0.5) is 4.79 Å². The van der Waals surface area contributed by atoms with Gasteiger partial charge in [0.05, 0.1) is 5.92 Å². The standard InChI is InChI=1S/C27H32N2O5/c1-2-15-29(16-25(30)31)26(32)22-13-7-8-14-24(22)28-27(33)34-17-23-20-11-5-3-9-18(20)19-10-4-6-12-21(19)23/h3-6,9-12,22-24H,2,7-8,13-17H2,1H3,(H,28,33)(H,30,31). The fourth-order valence-electron chi connectivity index (χ4n) is 5.33. The quantitative estimate of drug-likeness (QED) is 0.603. The highest BCUT2D eigenvalue weighted by Crippen LogP contribution is 2.44. The minimum atomic E-state index is -1.03. The molecule has 2 unspecified atom stereocenters. The third-order valence-corrected chi connectivity index (χ3v) is 6.86. The molecular weight excluding hydrogens is 432 g/mol. The van der Waals surface area contributed by atoms with E-state index in [-0.39, 0.29) is 31.0 Å². The van der Waals surface area contributed by atoms with Gasteiger partial charge in [-0.25, -0.2) is 4.79 Å². The molecule has 0 bridgehead atoms. The first-order valence-corrected chi connectivity index (χ1v) is 12.1.